The SMILES string of the molecule is CC(C)(CCOC(C)(C)CCC(=O)C(C)(C)C)OCCC(=O)N[C@H](CSCC1CCC(O)[C@@H](O[C@H]2CCCOC2CO)O1)C(=O)O. The molecule has 0 spiro atoms. The Balaban J connectivity index is 1.69. The normalized spacial score (nSPS) is 25.2. The fourth-order valence-corrected chi connectivity index (χ4v) is 6.19. The average Bonchev–Trinajstić information content (AvgIpc) is 2.96. The maximum atomic E-state index is 12.6. The Morgan fingerprint density at radius 2 is 1.63 bits per heavy atom. The first kappa shape index (κ1) is 40.9. The van der Waals surface area contributed by atoms with Crippen molar-refractivity contribution in [2.24, 2.45) is 5.41 Å². The van der Waals surface area contributed by atoms with Gasteiger partial charge in [0.15, 0.2) is 6.29 Å². The number of Topliss-reactive ketones (excluding diaryl/α,β-unsaturated/α-hetero) is 1. The highest BCUT2D eigenvalue weighted by molar-refractivity contribution is 7.99. The van der Waals surface area contributed by atoms with E-state index in [2.05, 4.69) is 5.32 Å². The van der Waals surface area contributed by atoms with Crippen LogP contribution in [0.1, 0.15) is 99.8 Å². The average molecular weight is 678 g/mol. The molecule has 46 heavy (non-hydrogen) atoms. The number of carboxylic acids is 1. The third-order valence-electron chi connectivity index (χ3n) is 8.32. The van der Waals surface area contributed by atoms with E-state index in [-0.39, 0.29) is 48.8 Å². The van der Waals surface area contributed by atoms with E-state index in [1.54, 1.807) is 0 Å². The highest BCUT2D eigenvalue weighted by atomic mass is 32.2. The van der Waals surface area contributed by atoms with Gasteiger partial charge in [-0.3, -0.25) is 9.59 Å². The van der Waals surface area contributed by atoms with Crippen LogP contribution in [-0.2, 0) is 38.1 Å². The molecule has 0 bridgehead atoms. The second kappa shape index (κ2) is 19.0. The number of ketones is 1. The number of aliphatic carboxylic acids is 1. The zero-order valence-electron chi connectivity index (χ0n) is 28.9. The van der Waals surface area contributed by atoms with Crippen molar-refractivity contribution in [3.63, 3.8) is 0 Å². The van der Waals surface area contributed by atoms with Gasteiger partial charge in [0.25, 0.3) is 0 Å². The van der Waals surface area contributed by atoms with Gasteiger partial charge < -0.3 is 44.3 Å². The van der Waals surface area contributed by atoms with E-state index >= 15 is 0 Å². The van der Waals surface area contributed by atoms with Crippen molar-refractivity contribution < 1.29 is 53.4 Å². The summed E-state index contributed by atoms with van der Waals surface area (Å²) in [6.45, 7) is 14.5. The first-order valence-corrected chi connectivity index (χ1v) is 17.7. The van der Waals surface area contributed by atoms with Crippen LogP contribution in [0.15, 0.2) is 0 Å². The molecule has 0 radical (unpaired) electrons. The first-order chi connectivity index (χ1) is 21.4. The molecular formula is C33H59NO11S. The highest BCUT2D eigenvalue weighted by Crippen LogP contribution is 2.28. The van der Waals surface area contributed by atoms with Crippen LogP contribution >= 0.6 is 11.8 Å². The van der Waals surface area contributed by atoms with Crippen LogP contribution in [0, 0.1) is 5.41 Å². The third kappa shape index (κ3) is 15.3. The Morgan fingerprint density at radius 3 is 2.28 bits per heavy atom. The number of thioether (sulfide) groups is 1. The van der Waals surface area contributed by atoms with E-state index < -0.39 is 47.6 Å². The summed E-state index contributed by atoms with van der Waals surface area (Å²) >= 11 is 1.35. The van der Waals surface area contributed by atoms with Crippen LogP contribution in [0.4, 0.5) is 0 Å². The number of rotatable bonds is 20. The maximum absolute atomic E-state index is 12.6. The summed E-state index contributed by atoms with van der Waals surface area (Å²) in [5.41, 5.74) is -1.37. The van der Waals surface area contributed by atoms with Gasteiger partial charge in [0.2, 0.25) is 5.91 Å². The minimum absolute atomic E-state index is 0.0154. The smallest absolute Gasteiger partial charge is 0.327 e. The van der Waals surface area contributed by atoms with Crippen LogP contribution in [0.5, 0.6) is 0 Å². The molecule has 1 amide bonds. The van der Waals surface area contributed by atoms with Crippen molar-refractivity contribution in [2.75, 3.05) is 37.9 Å². The second-order valence-corrected chi connectivity index (χ2v) is 15.6. The van der Waals surface area contributed by atoms with Crippen molar-refractivity contribution in [3.8, 4) is 0 Å². The summed E-state index contributed by atoms with van der Waals surface area (Å²) in [5.74, 6) is -0.710. The zero-order valence-corrected chi connectivity index (χ0v) is 29.7. The Morgan fingerprint density at radius 1 is 0.957 bits per heavy atom. The van der Waals surface area contributed by atoms with Crippen LogP contribution in [0.25, 0.3) is 0 Å². The molecule has 6 atom stereocenters. The number of aliphatic hydroxyl groups is 2. The largest absolute Gasteiger partial charge is 0.480 e. The lowest BCUT2D eigenvalue weighted by Gasteiger charge is -2.38. The van der Waals surface area contributed by atoms with Gasteiger partial charge in [0.05, 0.1) is 49.7 Å². The van der Waals surface area contributed by atoms with E-state index in [9.17, 15) is 29.7 Å². The fraction of sp³-hybridized carbons (Fsp3) is 0.909. The van der Waals surface area contributed by atoms with Crippen molar-refractivity contribution in [1.29, 1.82) is 0 Å². The van der Waals surface area contributed by atoms with E-state index in [1.165, 1.54) is 11.8 Å². The Kier molecular flexibility index (Phi) is 16.9. The lowest BCUT2D eigenvalue weighted by Crippen LogP contribution is -2.48. The van der Waals surface area contributed by atoms with Crippen LogP contribution in [-0.4, -0.2) is 119 Å². The van der Waals surface area contributed by atoms with Gasteiger partial charge in [-0.05, 0) is 66.2 Å². The molecule has 2 aliphatic rings. The number of carboxylic acid groups (broad SMARTS) is 1. The van der Waals surface area contributed by atoms with Crippen molar-refractivity contribution >= 4 is 29.4 Å². The van der Waals surface area contributed by atoms with Gasteiger partial charge in [-0.1, -0.05) is 20.8 Å². The number of ether oxygens (including phenoxy) is 5. The van der Waals surface area contributed by atoms with E-state index in [0.29, 0.717) is 57.5 Å². The molecule has 2 aliphatic heterocycles. The molecule has 268 valence electrons. The molecule has 0 aliphatic carbocycles. The van der Waals surface area contributed by atoms with E-state index in [0.717, 1.165) is 6.42 Å². The monoisotopic (exact) mass is 677 g/mol. The summed E-state index contributed by atoms with van der Waals surface area (Å²) in [6, 6.07) is -1.07. The Hall–Kier alpha value is -1.32. The molecule has 4 N–H and O–H groups in total. The molecule has 0 saturated carbocycles. The minimum Gasteiger partial charge on any atom is -0.480 e. The number of amides is 1. The number of hydrogen-bond donors (Lipinski definition) is 4. The summed E-state index contributed by atoms with van der Waals surface area (Å²) in [4.78, 5) is 36.7. The van der Waals surface area contributed by atoms with Crippen molar-refractivity contribution in [2.45, 2.75) is 148 Å². The molecular weight excluding hydrogens is 618 g/mol. The van der Waals surface area contributed by atoms with E-state index in [4.69, 9.17) is 23.7 Å². The number of aliphatic hydroxyl groups excluding tert-OH is 2. The summed E-state index contributed by atoms with van der Waals surface area (Å²) in [5, 5.41) is 32.2. The number of nitrogens with one attached hydrogen (secondary N) is 1. The fourth-order valence-electron chi connectivity index (χ4n) is 5.08. The molecule has 12 nitrogen and oxygen atoms in total. The maximum Gasteiger partial charge on any atom is 0.327 e. The minimum atomic E-state index is -1.13. The van der Waals surface area contributed by atoms with E-state index in [1.807, 2.05) is 48.5 Å². The van der Waals surface area contributed by atoms with Gasteiger partial charge in [0, 0.05) is 29.9 Å². The molecule has 2 rings (SSSR count). The van der Waals surface area contributed by atoms with Gasteiger partial charge >= 0.3 is 5.97 Å². The highest BCUT2D eigenvalue weighted by Gasteiger charge is 2.36. The molecule has 0 aromatic carbocycles. The number of carbonyl (C=O) groups excluding carboxylic acids is 2. The second-order valence-electron chi connectivity index (χ2n) is 14.6. The van der Waals surface area contributed by atoms with Crippen molar-refractivity contribution in [1.82, 2.24) is 5.32 Å². The predicted molar refractivity (Wildman–Crippen MR) is 175 cm³/mol. The molecule has 2 saturated heterocycles. The predicted octanol–water partition coefficient (Wildman–Crippen LogP) is 3.48. The van der Waals surface area contributed by atoms with Crippen LogP contribution in [0.2, 0.25) is 0 Å². The number of hydrogen-bond acceptors (Lipinski definition) is 11. The molecule has 0 aromatic heterocycles. The van der Waals surface area contributed by atoms with Gasteiger partial charge in [-0.15, -0.1) is 0 Å². The lowest BCUT2D eigenvalue weighted by molar-refractivity contribution is -0.274. The van der Waals surface area contributed by atoms with Gasteiger partial charge in [0.1, 0.15) is 24.0 Å². The molecule has 3 unspecified atom stereocenters. The number of carbonyl (C=O) groups is 3. The molecule has 2 fully saturated rings. The Bertz CT molecular complexity index is 954. The molecule has 0 aromatic rings. The third-order valence-corrected chi connectivity index (χ3v) is 9.50. The molecule has 2 heterocycles. The quantitative estimate of drug-likeness (QED) is 0.148. The molecule has 13 heteroatoms. The van der Waals surface area contributed by atoms with Gasteiger partial charge in [-0.2, -0.15) is 11.8 Å². The standard InChI is InChI=1S/C33H59NO11S/c1-31(2,3)27(37)12-14-32(4,5)43-18-15-33(6,7)42-17-13-28(38)34-23(29(39)40)21-46-20-22-10-11-24(36)30(44-22)45-25-9-8-16-41-26(25)19-35/h22-26,30,35-36H,8-21H2,1-7H3,(H,34,38)(H,39,40)/t22?,23-,24?,25+,26?,30-/m1/s1. The zero-order chi connectivity index (χ0) is 34.5. The van der Waals surface area contributed by atoms with Crippen molar-refractivity contribution in [3.05, 3.63) is 0 Å². The summed E-state index contributed by atoms with van der Waals surface area (Å²) in [7, 11) is 0. The first-order valence-electron chi connectivity index (χ1n) is 16.5. The van der Waals surface area contributed by atoms with Crippen LogP contribution < -0.4 is 5.32 Å². The summed E-state index contributed by atoms with van der Waals surface area (Å²) in [6.07, 6.45) is 1.54. The lowest BCUT2D eigenvalue weighted by atomic mass is 9.86. The summed E-state index contributed by atoms with van der Waals surface area (Å²) < 4.78 is 29.5. The van der Waals surface area contributed by atoms with Gasteiger partial charge in [-0.25, -0.2) is 4.79 Å². The topological polar surface area (TPSA) is 170 Å². The Labute approximate surface area is 279 Å². The van der Waals surface area contributed by atoms with Crippen LogP contribution in [0.3, 0.4) is 0 Å².